The third-order valence-corrected chi connectivity index (χ3v) is 4.49. The van der Waals surface area contributed by atoms with Gasteiger partial charge >= 0.3 is 0 Å². The zero-order valence-corrected chi connectivity index (χ0v) is 14.0. The number of para-hydroxylation sites is 1. The van der Waals surface area contributed by atoms with Gasteiger partial charge in [0.2, 0.25) is 0 Å². The molecule has 0 amide bonds. The molecule has 3 aromatic carbocycles. The van der Waals surface area contributed by atoms with Crippen molar-refractivity contribution < 1.29 is 0 Å². The first-order valence-corrected chi connectivity index (χ1v) is 8.53. The molecule has 0 fully saturated rings. The molecule has 5 rings (SSSR count). The van der Waals surface area contributed by atoms with Gasteiger partial charge in [-0.3, -0.25) is 0 Å². The van der Waals surface area contributed by atoms with E-state index in [1.165, 1.54) is 11.1 Å². The standard InChI is InChI=1S/C22H16N4/c1-2-6-15(7-3-1)16-10-11-20-18(12-16)14-22(24-20)26-25-21-13-17-8-4-5-9-19(17)23-21/h1-14,23-24H. The molecule has 0 aliphatic rings. The van der Waals surface area contributed by atoms with Gasteiger partial charge in [-0.15, -0.1) is 10.2 Å². The van der Waals surface area contributed by atoms with Gasteiger partial charge in [0.1, 0.15) is 0 Å². The maximum Gasteiger partial charge on any atom is 0.153 e. The molecule has 0 saturated carbocycles. The average Bonchev–Trinajstić information content (AvgIpc) is 3.29. The molecule has 124 valence electrons. The molecule has 4 heteroatoms. The van der Waals surface area contributed by atoms with Crippen molar-refractivity contribution in [2.24, 2.45) is 10.2 Å². The summed E-state index contributed by atoms with van der Waals surface area (Å²) in [6.45, 7) is 0. The molecule has 0 spiro atoms. The highest BCUT2D eigenvalue weighted by Gasteiger charge is 2.04. The SMILES string of the molecule is c1ccc(-c2ccc3[nH]c(N=Nc4cc5ccccc5[nH]4)cc3c2)cc1. The van der Waals surface area contributed by atoms with Crippen molar-refractivity contribution in [1.82, 2.24) is 9.97 Å². The van der Waals surface area contributed by atoms with Crippen LogP contribution in [0.1, 0.15) is 0 Å². The quantitative estimate of drug-likeness (QED) is 0.343. The topological polar surface area (TPSA) is 56.3 Å². The van der Waals surface area contributed by atoms with E-state index in [9.17, 15) is 0 Å². The van der Waals surface area contributed by atoms with E-state index in [0.717, 1.165) is 33.4 Å². The highest BCUT2D eigenvalue weighted by Crippen LogP contribution is 2.28. The molecule has 0 unspecified atom stereocenters. The van der Waals surface area contributed by atoms with Gasteiger partial charge in [0.05, 0.1) is 0 Å². The predicted octanol–water partition coefficient (Wildman–Crippen LogP) is 6.73. The van der Waals surface area contributed by atoms with E-state index in [4.69, 9.17) is 0 Å². The first-order chi connectivity index (χ1) is 12.8. The molecule has 2 aromatic heterocycles. The molecule has 0 aliphatic heterocycles. The predicted molar refractivity (Wildman–Crippen MR) is 106 cm³/mol. The lowest BCUT2D eigenvalue weighted by Gasteiger charge is -2.00. The Bertz CT molecular complexity index is 1200. The highest BCUT2D eigenvalue weighted by atomic mass is 15.2. The Kier molecular flexibility index (Phi) is 3.39. The van der Waals surface area contributed by atoms with Gasteiger partial charge in [0.25, 0.3) is 0 Å². The molecule has 0 saturated heterocycles. The normalized spacial score (nSPS) is 11.7. The van der Waals surface area contributed by atoms with Gasteiger partial charge in [-0.05, 0) is 41.5 Å². The number of hydrogen-bond acceptors (Lipinski definition) is 2. The summed E-state index contributed by atoms with van der Waals surface area (Å²) in [6, 6.07) is 28.9. The van der Waals surface area contributed by atoms with Crippen molar-refractivity contribution in [3.63, 3.8) is 0 Å². The number of hydrogen-bond donors (Lipinski definition) is 2. The van der Waals surface area contributed by atoms with Crippen molar-refractivity contribution in [1.29, 1.82) is 0 Å². The smallest absolute Gasteiger partial charge is 0.153 e. The fourth-order valence-corrected chi connectivity index (χ4v) is 3.20. The first-order valence-electron chi connectivity index (χ1n) is 8.53. The number of benzene rings is 3. The minimum atomic E-state index is 0.740. The Hall–Kier alpha value is -3.66. The number of azo groups is 1. The van der Waals surface area contributed by atoms with Gasteiger partial charge in [-0.2, -0.15) is 0 Å². The van der Waals surface area contributed by atoms with E-state index in [-0.39, 0.29) is 0 Å². The van der Waals surface area contributed by atoms with Crippen molar-refractivity contribution in [3.8, 4) is 11.1 Å². The zero-order chi connectivity index (χ0) is 17.3. The Balaban J connectivity index is 1.47. The maximum atomic E-state index is 4.35. The van der Waals surface area contributed by atoms with Crippen molar-refractivity contribution in [3.05, 3.63) is 84.9 Å². The first kappa shape index (κ1) is 14.7. The van der Waals surface area contributed by atoms with Crippen molar-refractivity contribution in [2.45, 2.75) is 0 Å². The maximum absolute atomic E-state index is 4.35. The molecule has 5 aromatic rings. The fraction of sp³-hybridized carbons (Fsp3) is 0. The summed E-state index contributed by atoms with van der Waals surface area (Å²) in [4.78, 5) is 6.56. The molecule has 4 nitrogen and oxygen atoms in total. The largest absolute Gasteiger partial charge is 0.338 e. The summed E-state index contributed by atoms with van der Waals surface area (Å²) in [5.74, 6) is 1.48. The summed E-state index contributed by atoms with van der Waals surface area (Å²) in [7, 11) is 0. The van der Waals surface area contributed by atoms with Crippen LogP contribution < -0.4 is 0 Å². The Morgan fingerprint density at radius 2 is 1.15 bits per heavy atom. The third-order valence-electron chi connectivity index (χ3n) is 4.49. The number of H-pyrrole nitrogens is 2. The van der Waals surface area contributed by atoms with E-state index in [1.807, 2.05) is 36.4 Å². The summed E-state index contributed by atoms with van der Waals surface area (Å²) in [5, 5.41) is 10.9. The molecule has 2 N–H and O–H groups in total. The minimum Gasteiger partial charge on any atom is -0.338 e. The number of fused-ring (bicyclic) bond motifs is 2. The lowest BCUT2D eigenvalue weighted by molar-refractivity contribution is 1.16. The molecule has 0 aliphatic carbocycles. The van der Waals surface area contributed by atoms with Crippen LogP contribution in [0.15, 0.2) is 95.2 Å². The van der Waals surface area contributed by atoms with Crippen LogP contribution in [0.4, 0.5) is 11.6 Å². The molecule has 0 bridgehead atoms. The Morgan fingerprint density at radius 3 is 1.92 bits per heavy atom. The summed E-state index contributed by atoms with van der Waals surface area (Å²) in [6.07, 6.45) is 0. The van der Waals surface area contributed by atoms with Gasteiger partial charge in [-0.1, -0.05) is 54.6 Å². The monoisotopic (exact) mass is 336 g/mol. The van der Waals surface area contributed by atoms with Gasteiger partial charge < -0.3 is 9.97 Å². The van der Waals surface area contributed by atoms with Crippen molar-refractivity contribution in [2.75, 3.05) is 0 Å². The summed E-state index contributed by atoms with van der Waals surface area (Å²) >= 11 is 0. The average molecular weight is 336 g/mol. The minimum absolute atomic E-state index is 0.740. The number of nitrogens with zero attached hydrogens (tertiary/aromatic N) is 2. The Morgan fingerprint density at radius 1 is 0.500 bits per heavy atom. The molecular formula is C22H16N4. The van der Waals surface area contributed by atoms with Gasteiger partial charge in [-0.25, -0.2) is 0 Å². The molecule has 0 radical (unpaired) electrons. The van der Waals surface area contributed by atoms with Crippen molar-refractivity contribution >= 4 is 33.4 Å². The van der Waals surface area contributed by atoms with E-state index < -0.39 is 0 Å². The Labute approximate surface area is 150 Å². The zero-order valence-electron chi connectivity index (χ0n) is 14.0. The lowest BCUT2D eigenvalue weighted by Crippen LogP contribution is -1.76. The van der Waals surface area contributed by atoms with Crippen LogP contribution in [0.25, 0.3) is 32.9 Å². The van der Waals surface area contributed by atoms with Crippen LogP contribution in [-0.4, -0.2) is 9.97 Å². The second kappa shape index (κ2) is 6.01. The van der Waals surface area contributed by atoms with E-state index >= 15 is 0 Å². The van der Waals surface area contributed by atoms with E-state index in [0.29, 0.717) is 0 Å². The summed E-state index contributed by atoms with van der Waals surface area (Å²) in [5.41, 5.74) is 4.51. The molecular weight excluding hydrogens is 320 g/mol. The van der Waals surface area contributed by atoms with E-state index in [2.05, 4.69) is 68.7 Å². The number of aromatic nitrogens is 2. The fourth-order valence-electron chi connectivity index (χ4n) is 3.20. The van der Waals surface area contributed by atoms with Crippen LogP contribution in [0.5, 0.6) is 0 Å². The van der Waals surface area contributed by atoms with Crippen LogP contribution in [0.3, 0.4) is 0 Å². The number of nitrogens with one attached hydrogen (secondary N) is 2. The van der Waals surface area contributed by atoms with Crippen LogP contribution in [-0.2, 0) is 0 Å². The van der Waals surface area contributed by atoms with Gasteiger partial charge in [0.15, 0.2) is 11.6 Å². The second-order valence-corrected chi connectivity index (χ2v) is 6.26. The van der Waals surface area contributed by atoms with Crippen LogP contribution in [0.2, 0.25) is 0 Å². The van der Waals surface area contributed by atoms with E-state index in [1.54, 1.807) is 0 Å². The summed E-state index contributed by atoms with van der Waals surface area (Å²) < 4.78 is 0. The lowest BCUT2D eigenvalue weighted by atomic mass is 10.0. The second-order valence-electron chi connectivity index (χ2n) is 6.26. The van der Waals surface area contributed by atoms with Crippen LogP contribution >= 0.6 is 0 Å². The number of aromatic amines is 2. The molecule has 26 heavy (non-hydrogen) atoms. The number of rotatable bonds is 3. The highest BCUT2D eigenvalue weighted by molar-refractivity contribution is 5.88. The van der Waals surface area contributed by atoms with Gasteiger partial charge in [0, 0.05) is 21.8 Å². The molecule has 0 atom stereocenters. The molecule has 2 heterocycles. The third kappa shape index (κ3) is 2.67. The van der Waals surface area contributed by atoms with Crippen LogP contribution in [0, 0.1) is 0 Å².